The number of carbonyl (C=O) groups excluding carboxylic acids is 1. The van der Waals surface area contributed by atoms with Gasteiger partial charge in [0.1, 0.15) is 11.1 Å². The van der Waals surface area contributed by atoms with Gasteiger partial charge in [-0.15, -0.1) is 11.8 Å². The molecule has 5 nitrogen and oxygen atoms in total. The zero-order valence-electron chi connectivity index (χ0n) is 9.22. The Balaban J connectivity index is 2.29. The number of thioether (sulfide) groups is 1. The van der Waals surface area contributed by atoms with Gasteiger partial charge in [0.25, 0.3) is 0 Å². The van der Waals surface area contributed by atoms with Gasteiger partial charge >= 0.3 is 5.97 Å². The molecule has 1 fully saturated rings. The van der Waals surface area contributed by atoms with Gasteiger partial charge in [0, 0.05) is 4.91 Å². The largest absolute Gasteiger partial charge is 0.477 e. The topological polar surface area (TPSA) is 77.8 Å². The fraction of sp³-hybridized carbons (Fsp3) is 0.600. The third kappa shape index (κ3) is 1.36. The Hall–Kier alpha value is -1.01. The summed E-state index contributed by atoms with van der Waals surface area (Å²) in [5.74, 6) is -1.92. The molecule has 0 radical (unpaired) electrons. The highest BCUT2D eigenvalue weighted by atomic mass is 32.2. The highest BCUT2D eigenvalue weighted by molar-refractivity contribution is 8.04. The highest BCUT2D eigenvalue weighted by Gasteiger charge is 2.59. The van der Waals surface area contributed by atoms with Crippen LogP contribution in [0.4, 0.5) is 0 Å². The Morgan fingerprint density at radius 2 is 2.06 bits per heavy atom. The van der Waals surface area contributed by atoms with Gasteiger partial charge in [0.2, 0.25) is 5.91 Å². The lowest BCUT2D eigenvalue weighted by Crippen LogP contribution is -2.64. The van der Waals surface area contributed by atoms with Gasteiger partial charge in [0.15, 0.2) is 0 Å². The molecule has 0 saturated carbocycles. The van der Waals surface area contributed by atoms with Crippen LogP contribution in [-0.4, -0.2) is 38.0 Å². The summed E-state index contributed by atoms with van der Waals surface area (Å²) in [4.78, 5) is 24.7. The first-order valence-electron chi connectivity index (χ1n) is 4.91. The quantitative estimate of drug-likeness (QED) is 0.695. The molecule has 0 aromatic heterocycles. The minimum absolute atomic E-state index is 0.0560. The molecule has 1 amide bonds. The second-order valence-corrected chi connectivity index (χ2v) is 5.89. The summed E-state index contributed by atoms with van der Waals surface area (Å²) in [7, 11) is 0. The van der Waals surface area contributed by atoms with Crippen molar-refractivity contribution in [2.24, 2.45) is 5.92 Å². The number of β-lactam (4-membered cyclic amide) rings is 1. The Morgan fingerprint density at radius 3 is 2.50 bits per heavy atom. The smallest absolute Gasteiger partial charge is 0.353 e. The van der Waals surface area contributed by atoms with Gasteiger partial charge in [-0.25, -0.2) is 4.79 Å². The molecule has 0 aromatic rings. The van der Waals surface area contributed by atoms with Gasteiger partial charge in [-0.2, -0.15) is 0 Å². The molecule has 88 valence electrons. The summed E-state index contributed by atoms with van der Waals surface area (Å²) in [5, 5.41) is 18.6. The SMILES string of the molecule is CC1=C(C(=O)O)N2C(=O)[C@@H](C(C)(C)O)[C@H]2S1. The minimum Gasteiger partial charge on any atom is -0.477 e. The number of hydrogen-bond acceptors (Lipinski definition) is 4. The lowest BCUT2D eigenvalue weighted by molar-refractivity contribution is -0.163. The normalized spacial score (nSPS) is 29.2. The molecule has 2 N–H and O–H groups in total. The van der Waals surface area contributed by atoms with Crippen LogP contribution in [0.1, 0.15) is 20.8 Å². The number of allylic oxidation sites excluding steroid dienone is 1. The van der Waals surface area contributed by atoms with Crippen LogP contribution in [0.25, 0.3) is 0 Å². The third-order valence-electron chi connectivity index (χ3n) is 2.88. The van der Waals surface area contributed by atoms with Crippen LogP contribution in [0.3, 0.4) is 0 Å². The molecule has 2 rings (SSSR count). The van der Waals surface area contributed by atoms with Crippen LogP contribution in [0.2, 0.25) is 0 Å². The van der Waals surface area contributed by atoms with Gasteiger partial charge in [0.05, 0.1) is 11.5 Å². The van der Waals surface area contributed by atoms with E-state index in [-0.39, 0.29) is 17.0 Å². The number of rotatable bonds is 2. The Labute approximate surface area is 97.1 Å². The molecule has 16 heavy (non-hydrogen) atoms. The zero-order chi connectivity index (χ0) is 12.2. The lowest BCUT2D eigenvalue weighted by atomic mass is 9.82. The molecule has 6 heteroatoms. The van der Waals surface area contributed by atoms with E-state index in [9.17, 15) is 14.7 Å². The predicted molar refractivity (Wildman–Crippen MR) is 58.3 cm³/mol. The lowest BCUT2D eigenvalue weighted by Gasteiger charge is -2.47. The number of carboxylic acids is 1. The van der Waals surface area contributed by atoms with E-state index in [4.69, 9.17) is 5.11 Å². The summed E-state index contributed by atoms with van der Waals surface area (Å²) in [6.45, 7) is 4.82. The molecular formula is C10H13NO4S. The number of carbonyl (C=O) groups is 2. The molecule has 0 unspecified atom stereocenters. The number of aliphatic carboxylic acids is 1. The molecule has 0 aliphatic carbocycles. The second-order valence-electron chi connectivity index (χ2n) is 4.56. The number of nitrogens with zero attached hydrogens (tertiary/aromatic N) is 1. The average molecular weight is 243 g/mol. The maximum atomic E-state index is 11.8. The van der Waals surface area contributed by atoms with Crippen molar-refractivity contribution in [3.8, 4) is 0 Å². The number of amides is 1. The van der Waals surface area contributed by atoms with Crippen LogP contribution < -0.4 is 0 Å². The molecule has 0 spiro atoms. The van der Waals surface area contributed by atoms with Crippen molar-refractivity contribution in [2.75, 3.05) is 0 Å². The van der Waals surface area contributed by atoms with E-state index >= 15 is 0 Å². The van der Waals surface area contributed by atoms with Crippen molar-refractivity contribution in [1.82, 2.24) is 4.90 Å². The minimum atomic E-state index is -1.11. The van der Waals surface area contributed by atoms with E-state index in [1.807, 2.05) is 0 Å². The van der Waals surface area contributed by atoms with Crippen LogP contribution in [0, 0.1) is 5.92 Å². The fourth-order valence-electron chi connectivity index (χ4n) is 2.13. The first-order valence-corrected chi connectivity index (χ1v) is 5.79. The maximum Gasteiger partial charge on any atom is 0.353 e. The molecule has 0 aromatic carbocycles. The Morgan fingerprint density at radius 1 is 1.50 bits per heavy atom. The molecule has 0 bridgehead atoms. The molecule has 2 atom stereocenters. The third-order valence-corrected chi connectivity index (χ3v) is 4.15. The summed E-state index contributed by atoms with van der Waals surface area (Å²) in [6.07, 6.45) is 0. The van der Waals surface area contributed by atoms with Gasteiger partial charge in [-0.3, -0.25) is 9.69 Å². The number of aliphatic hydroxyl groups is 1. The van der Waals surface area contributed by atoms with Crippen LogP contribution >= 0.6 is 11.8 Å². The van der Waals surface area contributed by atoms with E-state index in [0.717, 1.165) is 0 Å². The maximum absolute atomic E-state index is 11.8. The number of carboxylic acid groups (broad SMARTS) is 1. The van der Waals surface area contributed by atoms with Crippen LogP contribution in [0.15, 0.2) is 10.6 Å². The predicted octanol–water partition coefficient (Wildman–Crippen LogP) is 0.605. The van der Waals surface area contributed by atoms with Crippen molar-refractivity contribution in [1.29, 1.82) is 0 Å². The molecule has 2 heterocycles. The fourth-order valence-corrected chi connectivity index (χ4v) is 3.69. The summed E-state index contributed by atoms with van der Waals surface area (Å²) in [5.41, 5.74) is -1.06. The second kappa shape index (κ2) is 3.24. The van der Waals surface area contributed by atoms with Gasteiger partial charge < -0.3 is 10.2 Å². The number of hydrogen-bond donors (Lipinski definition) is 2. The van der Waals surface area contributed by atoms with Crippen molar-refractivity contribution in [2.45, 2.75) is 31.7 Å². The van der Waals surface area contributed by atoms with Gasteiger partial charge in [-0.1, -0.05) is 0 Å². The van der Waals surface area contributed by atoms with Crippen molar-refractivity contribution in [3.05, 3.63) is 10.6 Å². The molecule has 2 aliphatic heterocycles. The first kappa shape index (κ1) is 11.5. The van der Waals surface area contributed by atoms with E-state index in [2.05, 4.69) is 0 Å². The summed E-state index contributed by atoms with van der Waals surface area (Å²) in [6, 6.07) is 0. The van der Waals surface area contributed by atoms with Gasteiger partial charge in [-0.05, 0) is 20.8 Å². The van der Waals surface area contributed by atoms with E-state index in [0.29, 0.717) is 4.91 Å². The van der Waals surface area contributed by atoms with E-state index in [1.165, 1.54) is 16.7 Å². The summed E-state index contributed by atoms with van der Waals surface area (Å²) >= 11 is 1.33. The number of fused-ring (bicyclic) bond motifs is 1. The van der Waals surface area contributed by atoms with Crippen LogP contribution in [0.5, 0.6) is 0 Å². The van der Waals surface area contributed by atoms with Crippen molar-refractivity contribution in [3.63, 3.8) is 0 Å². The monoisotopic (exact) mass is 243 g/mol. The average Bonchev–Trinajstić information content (AvgIpc) is 2.36. The van der Waals surface area contributed by atoms with Crippen molar-refractivity contribution < 1.29 is 19.8 Å². The van der Waals surface area contributed by atoms with E-state index in [1.54, 1.807) is 20.8 Å². The molecule has 1 saturated heterocycles. The first-order chi connectivity index (χ1) is 7.25. The highest BCUT2D eigenvalue weighted by Crippen LogP contribution is 2.51. The standard InChI is InChI=1S/C10H13NO4S/c1-4-6(9(13)14)11-7(12)5(8(11)16-4)10(2,3)15/h5,8,15H,1-3H3,(H,13,14)/t5-,8-/m1/s1. The Kier molecular flexibility index (Phi) is 2.32. The van der Waals surface area contributed by atoms with Crippen LogP contribution in [-0.2, 0) is 9.59 Å². The summed E-state index contributed by atoms with van der Waals surface area (Å²) < 4.78 is 0. The van der Waals surface area contributed by atoms with E-state index < -0.39 is 17.5 Å². The van der Waals surface area contributed by atoms with Crippen molar-refractivity contribution >= 4 is 23.6 Å². The molecular weight excluding hydrogens is 230 g/mol. The zero-order valence-corrected chi connectivity index (χ0v) is 10.0. The Bertz CT molecular complexity index is 410. The molecule has 2 aliphatic rings.